The third-order valence-corrected chi connectivity index (χ3v) is 2.39. The third kappa shape index (κ3) is 1.10. The predicted octanol–water partition coefficient (Wildman–Crippen LogP) is 1.30. The average Bonchev–Trinajstić information content (AvgIpc) is 2.82. The van der Waals surface area contributed by atoms with Gasteiger partial charge in [-0.25, -0.2) is 0 Å². The fourth-order valence-corrected chi connectivity index (χ4v) is 1.46. The molecule has 1 saturated carbocycles. The number of aromatic amines is 1. The molecule has 0 radical (unpaired) electrons. The highest BCUT2D eigenvalue weighted by Crippen LogP contribution is 2.40. The van der Waals surface area contributed by atoms with Crippen LogP contribution in [-0.2, 0) is 0 Å². The van der Waals surface area contributed by atoms with E-state index in [1.807, 2.05) is 6.20 Å². The molecule has 0 spiro atoms. The number of hydrogen-bond acceptors (Lipinski definition) is 2. The molecule has 1 aliphatic carbocycles. The number of rotatable bonds is 2. The second kappa shape index (κ2) is 2.65. The first-order valence-electron chi connectivity index (χ1n) is 4.15. The standard InChI is InChI=1S/C9H11N3/c10-3-7-4-12-5-8(7)9(11)6-1-2-6/h4-6,9,12H,1-2,11H2. The molecule has 1 aliphatic rings. The Morgan fingerprint density at radius 2 is 2.33 bits per heavy atom. The van der Waals surface area contributed by atoms with Crippen molar-refractivity contribution in [1.82, 2.24) is 4.98 Å². The quantitative estimate of drug-likeness (QED) is 0.686. The molecule has 1 atom stereocenters. The molecule has 1 heterocycles. The molecule has 3 nitrogen and oxygen atoms in total. The zero-order chi connectivity index (χ0) is 8.55. The van der Waals surface area contributed by atoms with Crippen LogP contribution in [0.5, 0.6) is 0 Å². The van der Waals surface area contributed by atoms with Crippen molar-refractivity contribution in [2.75, 3.05) is 0 Å². The summed E-state index contributed by atoms with van der Waals surface area (Å²) in [6.45, 7) is 0. The van der Waals surface area contributed by atoms with Gasteiger partial charge in [-0.2, -0.15) is 5.26 Å². The normalized spacial score (nSPS) is 18.7. The number of H-pyrrole nitrogens is 1. The number of nitrogens with one attached hydrogen (secondary N) is 1. The zero-order valence-electron chi connectivity index (χ0n) is 6.75. The molecule has 62 valence electrons. The summed E-state index contributed by atoms with van der Waals surface area (Å²) in [5.74, 6) is 0.605. The van der Waals surface area contributed by atoms with Crippen LogP contribution in [0.3, 0.4) is 0 Å². The van der Waals surface area contributed by atoms with E-state index < -0.39 is 0 Å². The Bertz CT molecular complexity index is 317. The molecule has 1 aromatic rings. The van der Waals surface area contributed by atoms with Gasteiger partial charge in [-0.15, -0.1) is 0 Å². The van der Waals surface area contributed by atoms with Crippen molar-refractivity contribution in [2.45, 2.75) is 18.9 Å². The number of aromatic nitrogens is 1. The smallest absolute Gasteiger partial charge is 0.101 e. The van der Waals surface area contributed by atoms with Gasteiger partial charge in [0, 0.05) is 24.0 Å². The van der Waals surface area contributed by atoms with Gasteiger partial charge in [-0.3, -0.25) is 0 Å². The second-order valence-electron chi connectivity index (χ2n) is 3.30. The maximum atomic E-state index is 8.73. The Labute approximate surface area is 71.2 Å². The molecule has 12 heavy (non-hydrogen) atoms. The molecule has 1 fully saturated rings. The van der Waals surface area contributed by atoms with Gasteiger partial charge in [0.1, 0.15) is 6.07 Å². The van der Waals surface area contributed by atoms with E-state index in [1.165, 1.54) is 12.8 Å². The van der Waals surface area contributed by atoms with E-state index in [1.54, 1.807) is 6.20 Å². The Morgan fingerprint density at radius 3 is 2.92 bits per heavy atom. The minimum Gasteiger partial charge on any atom is -0.366 e. The van der Waals surface area contributed by atoms with Crippen molar-refractivity contribution in [3.05, 3.63) is 23.5 Å². The van der Waals surface area contributed by atoms with Crippen molar-refractivity contribution < 1.29 is 0 Å². The number of nitrogens with zero attached hydrogens (tertiary/aromatic N) is 1. The molecule has 0 saturated heterocycles. The van der Waals surface area contributed by atoms with E-state index in [2.05, 4.69) is 11.1 Å². The van der Waals surface area contributed by atoms with E-state index >= 15 is 0 Å². The summed E-state index contributed by atoms with van der Waals surface area (Å²) in [5.41, 5.74) is 7.61. The van der Waals surface area contributed by atoms with Gasteiger partial charge in [0.05, 0.1) is 5.56 Å². The van der Waals surface area contributed by atoms with E-state index in [0.717, 1.165) is 5.56 Å². The zero-order valence-corrected chi connectivity index (χ0v) is 6.75. The summed E-state index contributed by atoms with van der Waals surface area (Å²) in [5, 5.41) is 8.73. The van der Waals surface area contributed by atoms with E-state index in [0.29, 0.717) is 11.5 Å². The highest BCUT2D eigenvalue weighted by atomic mass is 14.7. The van der Waals surface area contributed by atoms with Gasteiger partial charge in [-0.1, -0.05) is 0 Å². The molecule has 0 aliphatic heterocycles. The lowest BCUT2D eigenvalue weighted by molar-refractivity contribution is 0.633. The van der Waals surface area contributed by atoms with Crippen molar-refractivity contribution in [3.8, 4) is 6.07 Å². The van der Waals surface area contributed by atoms with Crippen LogP contribution in [0.1, 0.15) is 30.0 Å². The Morgan fingerprint density at radius 1 is 1.58 bits per heavy atom. The molecule has 0 amide bonds. The topological polar surface area (TPSA) is 65.6 Å². The predicted molar refractivity (Wildman–Crippen MR) is 45.2 cm³/mol. The van der Waals surface area contributed by atoms with Gasteiger partial charge < -0.3 is 10.7 Å². The van der Waals surface area contributed by atoms with Crippen molar-refractivity contribution in [2.24, 2.45) is 11.7 Å². The van der Waals surface area contributed by atoms with Crippen LogP contribution in [-0.4, -0.2) is 4.98 Å². The first kappa shape index (κ1) is 7.38. The summed E-state index contributed by atoms with van der Waals surface area (Å²) in [4.78, 5) is 2.91. The summed E-state index contributed by atoms with van der Waals surface area (Å²) in [6, 6.07) is 2.19. The van der Waals surface area contributed by atoms with E-state index in [4.69, 9.17) is 11.0 Å². The SMILES string of the molecule is N#Cc1c[nH]cc1C(N)C1CC1. The van der Waals surface area contributed by atoms with Gasteiger partial charge in [0.2, 0.25) is 0 Å². The highest BCUT2D eigenvalue weighted by molar-refractivity contribution is 5.37. The summed E-state index contributed by atoms with van der Waals surface area (Å²) >= 11 is 0. The molecule has 0 bridgehead atoms. The van der Waals surface area contributed by atoms with Gasteiger partial charge in [0.15, 0.2) is 0 Å². The Hall–Kier alpha value is -1.27. The van der Waals surface area contributed by atoms with Gasteiger partial charge in [-0.05, 0) is 18.8 Å². The first-order valence-corrected chi connectivity index (χ1v) is 4.15. The fourth-order valence-electron chi connectivity index (χ4n) is 1.46. The maximum Gasteiger partial charge on any atom is 0.101 e. The lowest BCUT2D eigenvalue weighted by atomic mass is 10.0. The number of hydrogen-bond donors (Lipinski definition) is 2. The first-order chi connectivity index (χ1) is 5.83. The molecule has 3 heteroatoms. The van der Waals surface area contributed by atoms with Crippen LogP contribution in [0.25, 0.3) is 0 Å². The molecule has 3 N–H and O–H groups in total. The van der Waals surface area contributed by atoms with Crippen LogP contribution < -0.4 is 5.73 Å². The second-order valence-corrected chi connectivity index (χ2v) is 3.30. The molecule has 1 aromatic heterocycles. The number of nitrogens with two attached hydrogens (primary N) is 1. The fraction of sp³-hybridized carbons (Fsp3) is 0.444. The van der Waals surface area contributed by atoms with Crippen molar-refractivity contribution in [3.63, 3.8) is 0 Å². The number of nitriles is 1. The molecule has 2 rings (SSSR count). The van der Waals surface area contributed by atoms with Crippen LogP contribution in [0.2, 0.25) is 0 Å². The van der Waals surface area contributed by atoms with Crippen LogP contribution in [0.4, 0.5) is 0 Å². The largest absolute Gasteiger partial charge is 0.366 e. The maximum absolute atomic E-state index is 8.73. The summed E-state index contributed by atoms with van der Waals surface area (Å²) in [7, 11) is 0. The monoisotopic (exact) mass is 161 g/mol. The molecule has 0 aromatic carbocycles. The van der Waals surface area contributed by atoms with Crippen molar-refractivity contribution >= 4 is 0 Å². The average molecular weight is 161 g/mol. The van der Waals surface area contributed by atoms with Gasteiger partial charge in [0.25, 0.3) is 0 Å². The van der Waals surface area contributed by atoms with Crippen LogP contribution in [0.15, 0.2) is 12.4 Å². The molecular formula is C9H11N3. The third-order valence-electron chi connectivity index (χ3n) is 2.39. The van der Waals surface area contributed by atoms with E-state index in [9.17, 15) is 0 Å². The minimum atomic E-state index is 0.0610. The summed E-state index contributed by atoms with van der Waals surface area (Å²) in [6.07, 6.45) is 5.95. The molecule has 1 unspecified atom stereocenters. The highest BCUT2D eigenvalue weighted by Gasteiger charge is 2.31. The van der Waals surface area contributed by atoms with Gasteiger partial charge >= 0.3 is 0 Å². The van der Waals surface area contributed by atoms with Crippen LogP contribution in [0, 0.1) is 17.2 Å². The van der Waals surface area contributed by atoms with E-state index in [-0.39, 0.29) is 6.04 Å². The van der Waals surface area contributed by atoms with Crippen LogP contribution >= 0.6 is 0 Å². The minimum absolute atomic E-state index is 0.0610. The van der Waals surface area contributed by atoms with Crippen molar-refractivity contribution in [1.29, 1.82) is 5.26 Å². The summed E-state index contributed by atoms with van der Waals surface area (Å²) < 4.78 is 0. The molecular weight excluding hydrogens is 150 g/mol. The lowest BCUT2D eigenvalue weighted by Gasteiger charge is -2.07. The Kier molecular flexibility index (Phi) is 1.63. The lowest BCUT2D eigenvalue weighted by Crippen LogP contribution is -2.12. The Balaban J connectivity index is 2.26.